The molecular formula is C20H20N4O3. The zero-order valence-corrected chi connectivity index (χ0v) is 15.2. The van der Waals surface area contributed by atoms with Crippen molar-refractivity contribution in [3.63, 3.8) is 0 Å². The molecule has 1 atom stereocenters. The number of ether oxygens (including phenoxy) is 1. The van der Waals surface area contributed by atoms with Crippen LogP contribution in [-0.2, 0) is 4.79 Å². The minimum Gasteiger partial charge on any atom is -0.497 e. The highest BCUT2D eigenvalue weighted by Gasteiger charge is 2.32. The van der Waals surface area contributed by atoms with Crippen LogP contribution in [0.25, 0.3) is 5.65 Å². The molecule has 1 saturated heterocycles. The summed E-state index contributed by atoms with van der Waals surface area (Å²) in [6.07, 6.45) is 3.90. The van der Waals surface area contributed by atoms with Crippen LogP contribution in [0, 0.1) is 6.92 Å². The number of nitrogens with one attached hydrogen (secondary N) is 1. The molecule has 0 saturated carbocycles. The van der Waals surface area contributed by atoms with Gasteiger partial charge in [-0.2, -0.15) is 0 Å². The van der Waals surface area contributed by atoms with Gasteiger partial charge < -0.3 is 19.4 Å². The van der Waals surface area contributed by atoms with Crippen molar-refractivity contribution < 1.29 is 14.3 Å². The number of methoxy groups -OCH3 is 1. The van der Waals surface area contributed by atoms with Crippen molar-refractivity contribution in [2.45, 2.75) is 19.4 Å². The Morgan fingerprint density at radius 3 is 2.93 bits per heavy atom. The zero-order valence-electron chi connectivity index (χ0n) is 15.2. The maximum atomic E-state index is 12.6. The number of fused-ring (bicyclic) bond motifs is 1. The van der Waals surface area contributed by atoms with Gasteiger partial charge in [-0.15, -0.1) is 0 Å². The first-order valence-corrected chi connectivity index (χ1v) is 8.74. The number of aromatic nitrogens is 2. The summed E-state index contributed by atoms with van der Waals surface area (Å²) in [6, 6.07) is 10.7. The van der Waals surface area contributed by atoms with Gasteiger partial charge in [-0.3, -0.25) is 9.59 Å². The summed E-state index contributed by atoms with van der Waals surface area (Å²) < 4.78 is 7.05. The number of aryl methyl sites for hydroxylation is 1. The summed E-state index contributed by atoms with van der Waals surface area (Å²) in [5, 5.41) is 2.96. The van der Waals surface area contributed by atoms with Crippen LogP contribution >= 0.6 is 0 Å². The number of benzene rings is 1. The van der Waals surface area contributed by atoms with Crippen molar-refractivity contribution in [1.82, 2.24) is 14.7 Å². The van der Waals surface area contributed by atoms with E-state index in [4.69, 9.17) is 4.74 Å². The van der Waals surface area contributed by atoms with Gasteiger partial charge in [0.05, 0.1) is 24.4 Å². The summed E-state index contributed by atoms with van der Waals surface area (Å²) >= 11 is 0. The molecule has 27 heavy (non-hydrogen) atoms. The quantitative estimate of drug-likeness (QED) is 0.770. The number of amides is 2. The van der Waals surface area contributed by atoms with E-state index >= 15 is 0 Å². The molecule has 0 aliphatic carbocycles. The van der Waals surface area contributed by atoms with Crippen LogP contribution in [0.1, 0.15) is 22.5 Å². The number of hydrogen-bond acceptors (Lipinski definition) is 4. The standard InChI is InChI=1S/C20H20N4O3/c1-13-10-23-11-14(6-7-18(23)21-13)20(26)22-15-8-19(25)24(12-15)16-4-3-5-17(9-16)27-2/h3-7,9-11,15H,8,12H2,1-2H3,(H,22,26). The van der Waals surface area contributed by atoms with Crippen molar-refractivity contribution in [3.05, 3.63) is 60.0 Å². The molecule has 2 amide bonds. The Bertz CT molecular complexity index is 1030. The summed E-state index contributed by atoms with van der Waals surface area (Å²) in [7, 11) is 1.59. The summed E-state index contributed by atoms with van der Waals surface area (Å²) in [5.74, 6) is 0.472. The third-order valence-electron chi connectivity index (χ3n) is 4.66. The van der Waals surface area contributed by atoms with Crippen molar-refractivity contribution in [2.75, 3.05) is 18.6 Å². The Hall–Kier alpha value is -3.35. The maximum absolute atomic E-state index is 12.6. The molecule has 138 valence electrons. The van der Waals surface area contributed by atoms with Gasteiger partial charge in [0.1, 0.15) is 11.4 Å². The van der Waals surface area contributed by atoms with Gasteiger partial charge in [-0.05, 0) is 31.2 Å². The van der Waals surface area contributed by atoms with Gasteiger partial charge in [-0.25, -0.2) is 4.98 Å². The number of hydrogen-bond donors (Lipinski definition) is 1. The second-order valence-corrected chi connectivity index (χ2v) is 6.65. The molecule has 0 radical (unpaired) electrons. The van der Waals surface area contributed by atoms with Crippen LogP contribution in [0.4, 0.5) is 5.69 Å². The molecule has 0 spiro atoms. The highest BCUT2D eigenvalue weighted by atomic mass is 16.5. The number of imidazole rings is 1. The molecule has 1 N–H and O–H groups in total. The van der Waals surface area contributed by atoms with E-state index in [1.54, 1.807) is 24.3 Å². The monoisotopic (exact) mass is 364 g/mol. The number of carbonyl (C=O) groups excluding carboxylic acids is 2. The van der Waals surface area contributed by atoms with Gasteiger partial charge >= 0.3 is 0 Å². The fourth-order valence-corrected chi connectivity index (χ4v) is 3.35. The lowest BCUT2D eigenvalue weighted by Crippen LogP contribution is -2.37. The summed E-state index contributed by atoms with van der Waals surface area (Å²) in [5.41, 5.74) is 2.99. The number of carbonyl (C=O) groups is 2. The summed E-state index contributed by atoms with van der Waals surface area (Å²) in [6.45, 7) is 2.34. The van der Waals surface area contributed by atoms with Crippen LogP contribution in [0.3, 0.4) is 0 Å². The van der Waals surface area contributed by atoms with E-state index < -0.39 is 0 Å². The molecule has 1 aliphatic heterocycles. The van der Waals surface area contributed by atoms with Crippen LogP contribution in [0.2, 0.25) is 0 Å². The van der Waals surface area contributed by atoms with Gasteiger partial charge in [0.25, 0.3) is 5.91 Å². The Morgan fingerprint density at radius 2 is 2.11 bits per heavy atom. The SMILES string of the molecule is COc1cccc(N2CC(NC(=O)c3ccc4nc(C)cn4c3)CC2=O)c1. The first-order chi connectivity index (χ1) is 13.0. The molecular weight excluding hydrogens is 344 g/mol. The van der Waals surface area contributed by atoms with E-state index in [0.29, 0.717) is 17.9 Å². The lowest BCUT2D eigenvalue weighted by atomic mass is 10.2. The van der Waals surface area contributed by atoms with Gasteiger partial charge in [0, 0.05) is 37.1 Å². The molecule has 0 bridgehead atoms. The van der Waals surface area contributed by atoms with Crippen molar-refractivity contribution >= 4 is 23.1 Å². The molecule has 1 aromatic carbocycles. The highest BCUT2D eigenvalue weighted by molar-refractivity contribution is 5.99. The predicted octanol–water partition coefficient (Wildman–Crippen LogP) is 2.19. The molecule has 4 rings (SSSR count). The van der Waals surface area contributed by atoms with Crippen LogP contribution < -0.4 is 15.0 Å². The first-order valence-electron chi connectivity index (χ1n) is 8.74. The normalized spacial score (nSPS) is 16.7. The average Bonchev–Trinajstić information content (AvgIpc) is 3.22. The van der Waals surface area contributed by atoms with Crippen molar-refractivity contribution in [2.24, 2.45) is 0 Å². The van der Waals surface area contributed by atoms with E-state index in [1.165, 1.54) is 0 Å². The number of pyridine rings is 1. The fourth-order valence-electron chi connectivity index (χ4n) is 3.35. The minimum atomic E-state index is -0.239. The number of rotatable bonds is 4. The molecule has 1 unspecified atom stereocenters. The third kappa shape index (κ3) is 3.36. The van der Waals surface area contributed by atoms with Gasteiger partial charge in [0.15, 0.2) is 0 Å². The predicted molar refractivity (Wildman–Crippen MR) is 101 cm³/mol. The largest absolute Gasteiger partial charge is 0.497 e. The minimum absolute atomic E-state index is 0.0192. The van der Waals surface area contributed by atoms with Gasteiger partial charge in [-0.1, -0.05) is 6.07 Å². The topological polar surface area (TPSA) is 75.9 Å². The highest BCUT2D eigenvalue weighted by Crippen LogP contribution is 2.25. The maximum Gasteiger partial charge on any atom is 0.253 e. The van der Waals surface area contributed by atoms with Gasteiger partial charge in [0.2, 0.25) is 5.91 Å². The Balaban J connectivity index is 1.47. The van der Waals surface area contributed by atoms with E-state index in [9.17, 15) is 9.59 Å². The van der Waals surface area contributed by atoms with Crippen molar-refractivity contribution in [1.29, 1.82) is 0 Å². The zero-order chi connectivity index (χ0) is 19.0. The Labute approximate surface area is 156 Å². The molecule has 7 nitrogen and oxygen atoms in total. The van der Waals surface area contributed by atoms with Crippen molar-refractivity contribution in [3.8, 4) is 5.75 Å². The van der Waals surface area contributed by atoms with Crippen LogP contribution in [-0.4, -0.2) is 40.9 Å². The lowest BCUT2D eigenvalue weighted by Gasteiger charge is -2.18. The Kier molecular flexibility index (Phi) is 4.27. The molecule has 2 aromatic heterocycles. The first kappa shape index (κ1) is 17.1. The van der Waals surface area contributed by atoms with E-state index in [2.05, 4.69) is 10.3 Å². The molecule has 1 aliphatic rings. The molecule has 3 heterocycles. The third-order valence-corrected chi connectivity index (χ3v) is 4.66. The van der Waals surface area contributed by atoms with Crippen LogP contribution in [0.15, 0.2) is 48.8 Å². The Morgan fingerprint density at radius 1 is 1.26 bits per heavy atom. The van der Waals surface area contributed by atoms with E-state index in [0.717, 1.165) is 17.0 Å². The van der Waals surface area contributed by atoms with Crippen LogP contribution in [0.5, 0.6) is 5.75 Å². The number of nitrogens with zero attached hydrogens (tertiary/aromatic N) is 3. The average molecular weight is 364 g/mol. The molecule has 3 aromatic rings. The number of anilines is 1. The van der Waals surface area contributed by atoms with E-state index in [-0.39, 0.29) is 24.3 Å². The second-order valence-electron chi connectivity index (χ2n) is 6.65. The fraction of sp³-hybridized carbons (Fsp3) is 0.250. The molecule has 7 heteroatoms. The summed E-state index contributed by atoms with van der Waals surface area (Å²) in [4.78, 5) is 31.0. The molecule has 1 fully saturated rings. The second kappa shape index (κ2) is 6.75. The smallest absolute Gasteiger partial charge is 0.253 e. The lowest BCUT2D eigenvalue weighted by molar-refractivity contribution is -0.117. The van der Waals surface area contributed by atoms with E-state index in [1.807, 2.05) is 47.9 Å².